The summed E-state index contributed by atoms with van der Waals surface area (Å²) in [4.78, 5) is 23.0. The second-order valence-electron chi connectivity index (χ2n) is 10.8. The van der Waals surface area contributed by atoms with Crippen molar-refractivity contribution in [3.05, 3.63) is 95.6 Å². The predicted octanol–water partition coefficient (Wildman–Crippen LogP) is 5.86. The Morgan fingerprint density at radius 1 is 0.889 bits per heavy atom. The molecule has 5 rings (SSSR count). The Balaban J connectivity index is 1.22. The van der Waals surface area contributed by atoms with Crippen LogP contribution in [0.4, 0.5) is 5.69 Å². The number of nitrogens with one attached hydrogen (secondary N) is 1. The largest absolute Gasteiger partial charge is 0.481 e. The third-order valence-electron chi connectivity index (χ3n) is 7.47. The molecular formula is C33H37N5O6S. The predicted molar refractivity (Wildman–Crippen MR) is 169 cm³/mol. The van der Waals surface area contributed by atoms with E-state index in [0.29, 0.717) is 42.3 Å². The van der Waals surface area contributed by atoms with E-state index in [1.165, 1.54) is 11.8 Å². The number of aliphatic hydroxyl groups is 1. The van der Waals surface area contributed by atoms with Crippen LogP contribution in [0.15, 0.2) is 84.0 Å². The van der Waals surface area contributed by atoms with Crippen LogP contribution in [0.1, 0.15) is 74.0 Å². The number of tetrazole rings is 1. The van der Waals surface area contributed by atoms with Crippen molar-refractivity contribution in [2.45, 2.75) is 75.2 Å². The summed E-state index contributed by atoms with van der Waals surface area (Å²) in [6, 6.07) is 24.9. The standard InChI is InChI=1S/C33H37N5O6S/c39-21-23-12-14-24(15-13-23)29-20-28(22-45-33-35-36-37-38(33)27-8-4-3-5-9-27)43-32(44-29)25-16-18-26(19-17-25)34-30(40)10-6-1-2-7-11-31(41)42/h3-5,8-9,12-19,28-29,32,39H,1-2,6-7,10-11,20-22H2,(H,34,40)(H,41,42)/t28-,29+,32+/m1/s1. The zero-order chi connectivity index (χ0) is 31.4. The first-order chi connectivity index (χ1) is 22.0. The van der Waals surface area contributed by atoms with E-state index in [1.807, 2.05) is 78.9 Å². The summed E-state index contributed by atoms with van der Waals surface area (Å²) >= 11 is 1.52. The molecule has 1 amide bonds. The molecule has 0 radical (unpaired) electrons. The minimum absolute atomic E-state index is 0.0252. The van der Waals surface area contributed by atoms with Gasteiger partial charge in [-0.25, -0.2) is 0 Å². The molecule has 0 bridgehead atoms. The molecular weight excluding hydrogens is 594 g/mol. The summed E-state index contributed by atoms with van der Waals surface area (Å²) in [5, 5.41) is 34.1. The van der Waals surface area contributed by atoms with Gasteiger partial charge in [-0.15, -0.1) is 5.10 Å². The lowest BCUT2D eigenvalue weighted by Crippen LogP contribution is -2.31. The van der Waals surface area contributed by atoms with Gasteiger partial charge in [0.1, 0.15) is 0 Å². The fraction of sp³-hybridized carbons (Fsp3) is 0.364. The highest BCUT2D eigenvalue weighted by molar-refractivity contribution is 7.99. The van der Waals surface area contributed by atoms with Crippen molar-refractivity contribution in [2.24, 2.45) is 0 Å². The van der Waals surface area contributed by atoms with Gasteiger partial charge in [0, 0.05) is 36.3 Å². The molecule has 4 aromatic rings. The molecule has 12 heteroatoms. The number of carboxylic acids is 1. The summed E-state index contributed by atoms with van der Waals surface area (Å²) in [5.41, 5.74) is 4.21. The second kappa shape index (κ2) is 16.3. The molecule has 3 atom stereocenters. The first-order valence-corrected chi connectivity index (χ1v) is 16.1. The fourth-order valence-corrected chi connectivity index (χ4v) is 5.96. The fourth-order valence-electron chi connectivity index (χ4n) is 5.05. The normalized spacial score (nSPS) is 18.0. The Morgan fingerprint density at radius 3 is 2.31 bits per heavy atom. The monoisotopic (exact) mass is 631 g/mol. The number of para-hydroxylation sites is 1. The number of hydrogen-bond donors (Lipinski definition) is 3. The average molecular weight is 632 g/mol. The minimum atomic E-state index is -0.788. The summed E-state index contributed by atoms with van der Waals surface area (Å²) in [5.74, 6) is -0.265. The maximum absolute atomic E-state index is 12.4. The third kappa shape index (κ3) is 9.44. The molecule has 0 saturated carbocycles. The van der Waals surface area contributed by atoms with Gasteiger partial charge in [0.05, 0.1) is 24.5 Å². The minimum Gasteiger partial charge on any atom is -0.481 e. The molecule has 45 heavy (non-hydrogen) atoms. The number of anilines is 1. The van der Waals surface area contributed by atoms with Crippen molar-refractivity contribution in [1.82, 2.24) is 20.2 Å². The Morgan fingerprint density at radius 2 is 1.60 bits per heavy atom. The van der Waals surface area contributed by atoms with Crippen LogP contribution >= 0.6 is 11.8 Å². The van der Waals surface area contributed by atoms with E-state index in [-0.39, 0.29) is 31.1 Å². The van der Waals surface area contributed by atoms with Crippen molar-refractivity contribution in [2.75, 3.05) is 11.1 Å². The van der Waals surface area contributed by atoms with E-state index >= 15 is 0 Å². The number of carbonyl (C=O) groups excluding carboxylic acids is 1. The molecule has 0 aliphatic carbocycles. The van der Waals surface area contributed by atoms with Gasteiger partial charge in [0.15, 0.2) is 6.29 Å². The number of benzene rings is 3. The van der Waals surface area contributed by atoms with Gasteiger partial charge in [-0.3, -0.25) is 9.59 Å². The summed E-state index contributed by atoms with van der Waals surface area (Å²) in [6.07, 6.45) is 3.09. The van der Waals surface area contributed by atoms with Crippen LogP contribution in [0.2, 0.25) is 0 Å². The Hall–Kier alpha value is -4.10. The van der Waals surface area contributed by atoms with Gasteiger partial charge in [0.25, 0.3) is 0 Å². The Labute approximate surface area is 266 Å². The molecule has 1 fully saturated rings. The van der Waals surface area contributed by atoms with E-state index in [9.17, 15) is 14.7 Å². The number of rotatable bonds is 15. The number of aliphatic hydroxyl groups excluding tert-OH is 1. The van der Waals surface area contributed by atoms with Crippen molar-refractivity contribution in [1.29, 1.82) is 0 Å². The number of aliphatic carboxylic acids is 1. The zero-order valence-corrected chi connectivity index (χ0v) is 25.6. The van der Waals surface area contributed by atoms with Crippen LogP contribution < -0.4 is 5.32 Å². The SMILES string of the molecule is O=C(O)CCCCCCC(=O)Nc1ccc([C@H]2O[C@@H](CSc3nnnn3-c3ccccc3)C[C@@H](c3ccc(CO)cc3)O2)cc1. The molecule has 3 aromatic carbocycles. The number of unbranched alkanes of at least 4 members (excludes halogenated alkanes) is 3. The first-order valence-electron chi connectivity index (χ1n) is 15.1. The van der Waals surface area contributed by atoms with Gasteiger partial charge in [0.2, 0.25) is 11.1 Å². The molecule has 0 spiro atoms. The molecule has 3 N–H and O–H groups in total. The number of nitrogens with zero attached hydrogens (tertiary/aromatic N) is 4. The maximum atomic E-state index is 12.4. The molecule has 2 heterocycles. The molecule has 0 unspecified atom stereocenters. The van der Waals surface area contributed by atoms with Crippen molar-refractivity contribution in [3.63, 3.8) is 0 Å². The topological polar surface area (TPSA) is 149 Å². The molecule has 1 aliphatic heterocycles. The number of carbonyl (C=O) groups is 2. The van der Waals surface area contributed by atoms with Crippen LogP contribution in [0, 0.1) is 0 Å². The van der Waals surface area contributed by atoms with Crippen molar-refractivity contribution in [3.8, 4) is 5.69 Å². The van der Waals surface area contributed by atoms with Gasteiger partial charge in [-0.2, -0.15) is 4.68 Å². The van der Waals surface area contributed by atoms with Crippen molar-refractivity contribution >= 4 is 29.3 Å². The van der Waals surface area contributed by atoms with Crippen LogP contribution in [-0.4, -0.2) is 54.2 Å². The summed E-state index contributed by atoms with van der Waals surface area (Å²) < 4.78 is 14.6. The molecule has 1 aliphatic rings. The zero-order valence-electron chi connectivity index (χ0n) is 24.8. The highest BCUT2D eigenvalue weighted by Gasteiger charge is 2.32. The van der Waals surface area contributed by atoms with E-state index in [2.05, 4.69) is 20.8 Å². The van der Waals surface area contributed by atoms with Gasteiger partial charge >= 0.3 is 5.97 Å². The molecule has 1 aromatic heterocycles. The average Bonchev–Trinajstić information content (AvgIpc) is 3.55. The first kappa shape index (κ1) is 32.3. The number of ether oxygens (including phenoxy) is 2. The van der Waals surface area contributed by atoms with Gasteiger partial charge in [-0.05, 0) is 58.7 Å². The lowest BCUT2D eigenvalue weighted by atomic mass is 10.0. The Kier molecular flexibility index (Phi) is 11.7. The highest BCUT2D eigenvalue weighted by Crippen LogP contribution is 2.39. The van der Waals surface area contributed by atoms with Gasteiger partial charge < -0.3 is 25.0 Å². The second-order valence-corrected chi connectivity index (χ2v) is 11.8. The number of aromatic nitrogens is 4. The lowest BCUT2D eigenvalue weighted by molar-refractivity contribution is -0.245. The number of carboxylic acid groups (broad SMARTS) is 1. The highest BCUT2D eigenvalue weighted by atomic mass is 32.2. The summed E-state index contributed by atoms with van der Waals surface area (Å²) in [6.45, 7) is -0.0252. The van der Waals surface area contributed by atoms with E-state index in [4.69, 9.17) is 14.6 Å². The maximum Gasteiger partial charge on any atom is 0.303 e. The van der Waals surface area contributed by atoms with Gasteiger partial charge in [-0.1, -0.05) is 79.2 Å². The van der Waals surface area contributed by atoms with Crippen LogP contribution in [-0.2, 0) is 25.7 Å². The van der Waals surface area contributed by atoms with Crippen LogP contribution in [0.3, 0.4) is 0 Å². The number of thioether (sulfide) groups is 1. The van der Waals surface area contributed by atoms with Crippen molar-refractivity contribution < 1.29 is 29.3 Å². The third-order valence-corrected chi connectivity index (χ3v) is 8.52. The van der Waals surface area contributed by atoms with Crippen LogP contribution in [0.25, 0.3) is 5.69 Å². The molecule has 1 saturated heterocycles. The lowest BCUT2D eigenvalue weighted by Gasteiger charge is -2.36. The molecule has 11 nitrogen and oxygen atoms in total. The number of hydrogen-bond acceptors (Lipinski definition) is 9. The van der Waals surface area contributed by atoms with E-state index < -0.39 is 12.3 Å². The van der Waals surface area contributed by atoms with Crippen LogP contribution in [0.5, 0.6) is 0 Å². The van der Waals surface area contributed by atoms with E-state index in [0.717, 1.165) is 35.2 Å². The quantitative estimate of drug-likeness (QED) is 0.108. The molecule has 236 valence electrons. The number of amides is 1. The Bertz CT molecular complexity index is 1520. The summed E-state index contributed by atoms with van der Waals surface area (Å²) in [7, 11) is 0. The smallest absolute Gasteiger partial charge is 0.303 e. The van der Waals surface area contributed by atoms with E-state index in [1.54, 1.807) is 4.68 Å².